The molecule has 2 N–H and O–H groups in total. The molecule has 1 aromatic rings. The number of hydrogen-bond acceptors (Lipinski definition) is 2. The molecule has 0 amide bonds. The molecule has 1 saturated carbocycles. The summed E-state index contributed by atoms with van der Waals surface area (Å²) in [5.41, 5.74) is 8.48. The number of carbonyl (C=O) groups excluding carboxylic acids is 1. The zero-order chi connectivity index (χ0) is 13.0. The number of ketones is 1. The molecule has 0 spiro atoms. The number of rotatable bonds is 3. The molecule has 1 fully saturated rings. The van der Waals surface area contributed by atoms with Gasteiger partial charge in [-0.15, -0.1) is 0 Å². The quantitative estimate of drug-likeness (QED) is 0.832. The van der Waals surface area contributed by atoms with Crippen molar-refractivity contribution in [2.24, 2.45) is 11.7 Å². The second-order valence-electron chi connectivity index (χ2n) is 5.54. The molecule has 98 valence electrons. The highest BCUT2D eigenvalue weighted by Gasteiger charge is 2.26. The summed E-state index contributed by atoms with van der Waals surface area (Å²) in [5, 5.41) is 0. The van der Waals surface area contributed by atoms with Crippen molar-refractivity contribution in [3.05, 3.63) is 35.4 Å². The number of hydrogen-bond donors (Lipinski definition) is 1. The zero-order valence-corrected chi connectivity index (χ0v) is 11.2. The highest BCUT2D eigenvalue weighted by Crippen LogP contribution is 2.24. The predicted octanol–water partition coefficient (Wildman–Crippen LogP) is 3.01. The summed E-state index contributed by atoms with van der Waals surface area (Å²) in [6.45, 7) is 2.06. The Labute approximate surface area is 110 Å². The van der Waals surface area contributed by atoms with Crippen molar-refractivity contribution in [3.63, 3.8) is 0 Å². The molecule has 2 rings (SSSR count). The second-order valence-corrected chi connectivity index (χ2v) is 5.54. The van der Waals surface area contributed by atoms with Crippen LogP contribution in [0.25, 0.3) is 0 Å². The third-order valence-corrected chi connectivity index (χ3v) is 3.98. The SMILES string of the molecule is Cc1ccc(CC(=O)C2CCCCCC2N)cc1. The topological polar surface area (TPSA) is 43.1 Å². The third-order valence-electron chi connectivity index (χ3n) is 3.98. The van der Waals surface area contributed by atoms with Crippen molar-refractivity contribution in [1.29, 1.82) is 0 Å². The third kappa shape index (κ3) is 3.42. The molecule has 1 aliphatic carbocycles. The average Bonchev–Trinajstić information content (AvgIpc) is 2.57. The Hall–Kier alpha value is -1.15. The van der Waals surface area contributed by atoms with Crippen LogP contribution < -0.4 is 5.73 Å². The fourth-order valence-corrected chi connectivity index (χ4v) is 2.77. The van der Waals surface area contributed by atoms with Gasteiger partial charge in [-0.1, -0.05) is 49.1 Å². The summed E-state index contributed by atoms with van der Waals surface area (Å²) in [6, 6.07) is 8.31. The highest BCUT2D eigenvalue weighted by molar-refractivity contribution is 5.84. The highest BCUT2D eigenvalue weighted by atomic mass is 16.1. The molecule has 1 aromatic carbocycles. The Bertz CT molecular complexity index is 396. The first-order valence-electron chi connectivity index (χ1n) is 7.00. The van der Waals surface area contributed by atoms with Crippen molar-refractivity contribution >= 4 is 5.78 Å². The van der Waals surface area contributed by atoms with Gasteiger partial charge in [-0.05, 0) is 25.3 Å². The molecule has 0 aliphatic heterocycles. The van der Waals surface area contributed by atoms with Crippen LogP contribution in [0, 0.1) is 12.8 Å². The Morgan fingerprint density at radius 3 is 2.56 bits per heavy atom. The number of nitrogens with two attached hydrogens (primary N) is 1. The van der Waals surface area contributed by atoms with Crippen molar-refractivity contribution in [2.45, 2.75) is 51.5 Å². The maximum atomic E-state index is 12.3. The zero-order valence-electron chi connectivity index (χ0n) is 11.2. The normalized spacial score (nSPS) is 24.6. The van der Waals surface area contributed by atoms with Gasteiger partial charge < -0.3 is 5.73 Å². The molecule has 0 heterocycles. The van der Waals surface area contributed by atoms with Gasteiger partial charge in [-0.2, -0.15) is 0 Å². The molecular formula is C16H23NO. The summed E-state index contributed by atoms with van der Waals surface area (Å²) < 4.78 is 0. The van der Waals surface area contributed by atoms with Crippen LogP contribution in [0.4, 0.5) is 0 Å². The van der Waals surface area contributed by atoms with Crippen molar-refractivity contribution in [1.82, 2.24) is 0 Å². The summed E-state index contributed by atoms with van der Waals surface area (Å²) >= 11 is 0. The monoisotopic (exact) mass is 245 g/mol. The number of carbonyl (C=O) groups is 1. The first-order chi connectivity index (χ1) is 8.66. The fraction of sp³-hybridized carbons (Fsp3) is 0.562. The maximum Gasteiger partial charge on any atom is 0.141 e. The Kier molecular flexibility index (Phi) is 4.54. The predicted molar refractivity (Wildman–Crippen MR) is 74.4 cm³/mol. The van der Waals surface area contributed by atoms with E-state index in [2.05, 4.69) is 31.2 Å². The van der Waals surface area contributed by atoms with E-state index in [0.717, 1.165) is 24.8 Å². The van der Waals surface area contributed by atoms with Gasteiger partial charge in [0.15, 0.2) is 0 Å². The van der Waals surface area contributed by atoms with Crippen LogP contribution in [-0.4, -0.2) is 11.8 Å². The average molecular weight is 245 g/mol. The minimum atomic E-state index is 0.0745. The molecule has 1 aliphatic rings. The second kappa shape index (κ2) is 6.14. The lowest BCUT2D eigenvalue weighted by molar-refractivity contribution is -0.123. The molecular weight excluding hydrogens is 222 g/mol. The van der Waals surface area contributed by atoms with Gasteiger partial charge in [0.05, 0.1) is 0 Å². The fourth-order valence-electron chi connectivity index (χ4n) is 2.77. The first kappa shape index (κ1) is 13.3. The van der Waals surface area contributed by atoms with E-state index >= 15 is 0 Å². The molecule has 0 saturated heterocycles. The Morgan fingerprint density at radius 1 is 1.17 bits per heavy atom. The van der Waals surface area contributed by atoms with Crippen LogP contribution in [0.5, 0.6) is 0 Å². The summed E-state index contributed by atoms with van der Waals surface area (Å²) in [6.07, 6.45) is 6.07. The van der Waals surface area contributed by atoms with E-state index in [1.807, 2.05) is 0 Å². The lowest BCUT2D eigenvalue weighted by Gasteiger charge is -2.20. The smallest absolute Gasteiger partial charge is 0.141 e. The van der Waals surface area contributed by atoms with Gasteiger partial charge in [-0.3, -0.25) is 4.79 Å². The molecule has 0 bridgehead atoms. The van der Waals surface area contributed by atoms with Gasteiger partial charge in [-0.25, -0.2) is 0 Å². The van der Waals surface area contributed by atoms with Gasteiger partial charge in [0.1, 0.15) is 5.78 Å². The molecule has 2 heteroatoms. The van der Waals surface area contributed by atoms with E-state index in [9.17, 15) is 4.79 Å². The van der Waals surface area contributed by atoms with Gasteiger partial charge in [0, 0.05) is 18.4 Å². The number of aryl methyl sites for hydroxylation is 1. The number of benzene rings is 1. The van der Waals surface area contributed by atoms with E-state index in [4.69, 9.17) is 5.73 Å². The van der Waals surface area contributed by atoms with Gasteiger partial charge in [0.25, 0.3) is 0 Å². The summed E-state index contributed by atoms with van der Waals surface area (Å²) in [5.74, 6) is 0.405. The van der Waals surface area contributed by atoms with Crippen molar-refractivity contribution in [2.75, 3.05) is 0 Å². The van der Waals surface area contributed by atoms with Gasteiger partial charge >= 0.3 is 0 Å². The van der Waals surface area contributed by atoms with Crippen LogP contribution in [0.1, 0.15) is 43.2 Å². The lowest BCUT2D eigenvalue weighted by Crippen LogP contribution is -2.35. The Balaban J connectivity index is 1.99. The largest absolute Gasteiger partial charge is 0.327 e. The van der Waals surface area contributed by atoms with Crippen LogP contribution in [0.15, 0.2) is 24.3 Å². The molecule has 18 heavy (non-hydrogen) atoms. The summed E-state index contributed by atoms with van der Waals surface area (Å²) in [7, 11) is 0. The summed E-state index contributed by atoms with van der Waals surface area (Å²) in [4.78, 5) is 12.3. The van der Waals surface area contributed by atoms with Crippen molar-refractivity contribution < 1.29 is 4.79 Å². The minimum absolute atomic E-state index is 0.0745. The van der Waals surface area contributed by atoms with E-state index in [1.54, 1.807) is 0 Å². The molecule has 2 nitrogen and oxygen atoms in total. The molecule has 2 unspecified atom stereocenters. The maximum absolute atomic E-state index is 12.3. The van der Waals surface area contributed by atoms with Crippen LogP contribution >= 0.6 is 0 Å². The van der Waals surface area contributed by atoms with Gasteiger partial charge in [0.2, 0.25) is 0 Å². The van der Waals surface area contributed by atoms with Crippen LogP contribution in [-0.2, 0) is 11.2 Å². The van der Waals surface area contributed by atoms with Crippen LogP contribution in [0.2, 0.25) is 0 Å². The number of Topliss-reactive ketones (excluding diaryl/α,β-unsaturated/α-hetero) is 1. The van der Waals surface area contributed by atoms with E-state index in [0.29, 0.717) is 12.2 Å². The van der Waals surface area contributed by atoms with Crippen molar-refractivity contribution in [3.8, 4) is 0 Å². The van der Waals surface area contributed by atoms with E-state index < -0.39 is 0 Å². The molecule has 2 atom stereocenters. The molecule has 0 aromatic heterocycles. The minimum Gasteiger partial charge on any atom is -0.327 e. The first-order valence-corrected chi connectivity index (χ1v) is 7.00. The molecule has 0 radical (unpaired) electrons. The van der Waals surface area contributed by atoms with E-state index in [-0.39, 0.29) is 12.0 Å². The van der Waals surface area contributed by atoms with E-state index in [1.165, 1.54) is 18.4 Å². The van der Waals surface area contributed by atoms with Crippen LogP contribution in [0.3, 0.4) is 0 Å². The standard InChI is InChI=1S/C16H23NO/c1-12-7-9-13(10-8-12)11-16(18)14-5-3-2-4-6-15(14)17/h7-10,14-15H,2-6,11,17H2,1H3. The Morgan fingerprint density at radius 2 is 1.83 bits per heavy atom. The lowest BCUT2D eigenvalue weighted by atomic mass is 9.88.